The van der Waals surface area contributed by atoms with Gasteiger partial charge in [-0.25, -0.2) is 14.1 Å². The van der Waals surface area contributed by atoms with E-state index in [0.29, 0.717) is 41.2 Å². The number of phosphoric ester groups is 1. The largest absolute Gasteiger partial charge is 0.472 e. The summed E-state index contributed by atoms with van der Waals surface area (Å²) in [6.45, 7) is 4.08. The smallest absolute Gasteiger partial charge is 0.382 e. The lowest BCUT2D eigenvalue weighted by Crippen LogP contribution is -2.30. The summed E-state index contributed by atoms with van der Waals surface area (Å²) in [5, 5.41) is 14.1. The van der Waals surface area contributed by atoms with Gasteiger partial charge in [0.25, 0.3) is 0 Å². The second kappa shape index (κ2) is 22.7. The molecular formula is C40H61ClN5O6P. The number of unbranched alkanes of at least 4 members (excludes halogenated alkanes) is 15. The van der Waals surface area contributed by atoms with E-state index in [-0.39, 0.29) is 25.9 Å². The normalized spacial score (nSPS) is 19.0. The summed E-state index contributed by atoms with van der Waals surface area (Å²) in [4.78, 5) is 14.7. The topological polar surface area (TPSA) is 154 Å². The van der Waals surface area contributed by atoms with Crippen molar-refractivity contribution >= 4 is 30.8 Å². The number of anilines is 1. The Morgan fingerprint density at radius 3 is 2.30 bits per heavy atom. The molecule has 4 rings (SSSR count). The molecule has 1 aliphatic rings. The minimum Gasteiger partial charge on any atom is -0.382 e. The van der Waals surface area contributed by atoms with Crippen LogP contribution in [-0.2, 0) is 29.7 Å². The zero-order chi connectivity index (χ0) is 37.9. The van der Waals surface area contributed by atoms with Crippen LogP contribution in [0, 0.1) is 11.3 Å². The number of benzene rings is 1. The third kappa shape index (κ3) is 15.2. The molecule has 0 bridgehead atoms. The van der Waals surface area contributed by atoms with Crippen LogP contribution in [0.2, 0.25) is 5.02 Å². The molecule has 2 aromatic heterocycles. The number of nitriles is 1. The molecule has 53 heavy (non-hydrogen) atoms. The van der Waals surface area contributed by atoms with E-state index in [2.05, 4.69) is 23.1 Å². The summed E-state index contributed by atoms with van der Waals surface area (Å²) in [7, 11) is -4.43. The van der Waals surface area contributed by atoms with Gasteiger partial charge in [0.1, 0.15) is 17.9 Å². The molecule has 1 fully saturated rings. The zero-order valence-corrected chi connectivity index (χ0v) is 33.5. The summed E-state index contributed by atoms with van der Waals surface area (Å²) >= 11 is 6.21. The number of halogens is 1. The molecule has 4 atom stereocenters. The minimum absolute atomic E-state index is 0.115. The van der Waals surface area contributed by atoms with Gasteiger partial charge in [-0.3, -0.25) is 9.05 Å². The van der Waals surface area contributed by atoms with Gasteiger partial charge in [0.15, 0.2) is 5.82 Å². The maximum Gasteiger partial charge on any atom is 0.472 e. The third-order valence-corrected chi connectivity index (χ3v) is 11.3. The fourth-order valence-corrected chi connectivity index (χ4v) is 8.13. The van der Waals surface area contributed by atoms with Gasteiger partial charge in [-0.15, -0.1) is 0 Å². The molecule has 1 saturated heterocycles. The number of hydrogen-bond donors (Lipinski definition) is 2. The monoisotopic (exact) mass is 773 g/mol. The molecule has 294 valence electrons. The average molecular weight is 774 g/mol. The molecule has 0 radical (unpaired) electrons. The van der Waals surface area contributed by atoms with Crippen molar-refractivity contribution in [1.82, 2.24) is 14.6 Å². The molecule has 0 spiro atoms. The van der Waals surface area contributed by atoms with Crippen molar-refractivity contribution in [2.45, 2.75) is 160 Å². The van der Waals surface area contributed by atoms with Crippen molar-refractivity contribution < 1.29 is 28.0 Å². The predicted octanol–water partition coefficient (Wildman–Crippen LogP) is 10.8. The summed E-state index contributed by atoms with van der Waals surface area (Å²) in [5.41, 5.74) is 7.91. The number of fused-ring (bicyclic) bond motifs is 1. The van der Waals surface area contributed by atoms with Crippen molar-refractivity contribution in [3.05, 3.63) is 58.5 Å². The van der Waals surface area contributed by atoms with E-state index >= 15 is 0 Å². The maximum atomic E-state index is 13.1. The number of rotatable bonds is 27. The van der Waals surface area contributed by atoms with Crippen LogP contribution in [0.1, 0.15) is 159 Å². The van der Waals surface area contributed by atoms with Crippen LogP contribution < -0.4 is 5.73 Å². The highest BCUT2D eigenvalue weighted by atomic mass is 35.5. The Bertz CT molecular complexity index is 1620. The van der Waals surface area contributed by atoms with Gasteiger partial charge < -0.3 is 20.1 Å². The van der Waals surface area contributed by atoms with E-state index in [4.69, 9.17) is 35.9 Å². The van der Waals surface area contributed by atoms with Crippen LogP contribution in [-0.4, -0.2) is 44.4 Å². The lowest BCUT2D eigenvalue weighted by molar-refractivity contribution is -0.0663. The van der Waals surface area contributed by atoms with E-state index in [1.54, 1.807) is 22.7 Å². The first-order valence-electron chi connectivity index (χ1n) is 19.8. The number of aromatic nitrogens is 3. The highest BCUT2D eigenvalue weighted by molar-refractivity contribution is 7.47. The van der Waals surface area contributed by atoms with Crippen molar-refractivity contribution in [3.8, 4) is 6.07 Å². The van der Waals surface area contributed by atoms with E-state index in [1.807, 2.05) is 19.1 Å². The molecule has 1 unspecified atom stereocenters. The average Bonchev–Trinajstić information content (AvgIpc) is 3.76. The van der Waals surface area contributed by atoms with Gasteiger partial charge in [-0.05, 0) is 62.1 Å². The second-order valence-electron chi connectivity index (χ2n) is 14.8. The number of nitrogen functional groups attached to an aromatic ring is 1. The Kier molecular flexibility index (Phi) is 18.5. The van der Waals surface area contributed by atoms with Crippen LogP contribution in [0.4, 0.5) is 5.82 Å². The molecular weight excluding hydrogens is 713 g/mol. The molecule has 0 aliphatic carbocycles. The Morgan fingerprint density at radius 2 is 1.66 bits per heavy atom. The van der Waals surface area contributed by atoms with Crippen molar-refractivity contribution in [2.24, 2.45) is 0 Å². The molecule has 1 aromatic carbocycles. The fourth-order valence-electron chi connectivity index (χ4n) is 7.01. The lowest BCUT2D eigenvalue weighted by Gasteiger charge is -2.26. The third-order valence-electron chi connectivity index (χ3n) is 10.1. The molecule has 11 nitrogen and oxygen atoms in total. The Hall–Kier alpha value is -2.55. The first kappa shape index (κ1) is 43.2. The van der Waals surface area contributed by atoms with Crippen molar-refractivity contribution in [2.75, 3.05) is 18.9 Å². The van der Waals surface area contributed by atoms with E-state index in [9.17, 15) is 14.7 Å². The highest BCUT2D eigenvalue weighted by Gasteiger charge is 2.40. The highest BCUT2D eigenvalue weighted by Crippen LogP contribution is 2.47. The van der Waals surface area contributed by atoms with E-state index in [0.717, 1.165) is 30.5 Å². The molecule has 1 aliphatic heterocycles. The Labute approximate surface area is 321 Å². The standard InChI is InChI=1S/C40H61ClN5O6P/c1-3-4-5-6-7-8-9-10-11-12-13-14-15-16-17-18-19-35(49-28-33-24-32(27-42)25-34(41)26-33)29-50-53(47,48)51-30-40(2)23-22-38(52-40)36-20-21-37-39(43)44-31-45-46(36)37/h20-21,24-26,31,35,38H,3-19,22-23,28-30H2,1-2H3,(H,47,48)(H2,43,44,45)/t35-,38-,40+/m1/s1. The number of ether oxygens (including phenoxy) is 2. The Morgan fingerprint density at radius 1 is 1.02 bits per heavy atom. The summed E-state index contributed by atoms with van der Waals surface area (Å²) in [6, 6.07) is 11.0. The Balaban J connectivity index is 1.17. The van der Waals surface area contributed by atoms with Crippen molar-refractivity contribution in [1.29, 1.82) is 5.26 Å². The lowest BCUT2D eigenvalue weighted by atomic mass is 10.0. The van der Waals surface area contributed by atoms with E-state index in [1.165, 1.54) is 89.8 Å². The summed E-state index contributed by atoms with van der Waals surface area (Å²) < 4.78 is 38.3. The fraction of sp³-hybridized carbons (Fsp3) is 0.675. The quantitative estimate of drug-likeness (QED) is 0.0565. The van der Waals surface area contributed by atoms with E-state index < -0.39 is 19.5 Å². The summed E-state index contributed by atoms with van der Waals surface area (Å²) in [5.74, 6) is 0.380. The van der Waals surface area contributed by atoms with Crippen LogP contribution >= 0.6 is 19.4 Å². The molecule has 0 saturated carbocycles. The van der Waals surface area contributed by atoms with Crippen LogP contribution in [0.5, 0.6) is 0 Å². The van der Waals surface area contributed by atoms with Gasteiger partial charge in [-0.2, -0.15) is 10.4 Å². The molecule has 3 heterocycles. The second-order valence-corrected chi connectivity index (χ2v) is 16.7. The number of phosphoric acid groups is 1. The number of nitrogens with two attached hydrogens (primary N) is 1. The number of nitrogens with zero attached hydrogens (tertiary/aromatic N) is 4. The predicted molar refractivity (Wildman–Crippen MR) is 210 cm³/mol. The minimum atomic E-state index is -4.43. The summed E-state index contributed by atoms with van der Waals surface area (Å²) in [6.07, 6.45) is 23.1. The van der Waals surface area contributed by atoms with Gasteiger partial charge in [0.2, 0.25) is 0 Å². The molecule has 0 amide bonds. The van der Waals surface area contributed by atoms with Crippen LogP contribution in [0.25, 0.3) is 5.52 Å². The van der Waals surface area contributed by atoms with Crippen LogP contribution in [0.3, 0.4) is 0 Å². The van der Waals surface area contributed by atoms with Gasteiger partial charge in [-0.1, -0.05) is 121 Å². The molecule has 13 heteroatoms. The maximum absolute atomic E-state index is 13.1. The van der Waals surface area contributed by atoms with Crippen LogP contribution in [0.15, 0.2) is 36.7 Å². The number of hydrogen-bond acceptors (Lipinski definition) is 9. The van der Waals surface area contributed by atoms with Gasteiger partial charge in [0, 0.05) is 5.02 Å². The first-order chi connectivity index (χ1) is 25.6. The van der Waals surface area contributed by atoms with Crippen molar-refractivity contribution in [3.63, 3.8) is 0 Å². The SMILES string of the molecule is CCCCCCCCCCCCCCCCCC[C@H](COP(=O)(O)OC[C@]1(C)CC[C@H](c2ccc3c(N)ncnn23)O1)OCc1cc(Cl)cc(C#N)c1. The first-order valence-corrected chi connectivity index (χ1v) is 21.7. The molecule has 3 N–H and O–H groups in total. The van der Waals surface area contributed by atoms with Gasteiger partial charge >= 0.3 is 7.82 Å². The van der Waals surface area contributed by atoms with Gasteiger partial charge in [0.05, 0.1) is 48.9 Å². The molecule has 3 aromatic rings. The zero-order valence-electron chi connectivity index (χ0n) is 31.9.